The Morgan fingerprint density at radius 3 is 2.48 bits per heavy atom. The molecule has 0 atom stereocenters. The molecular formula is C22H21F2N5O2. The molecule has 1 aromatic carbocycles. The Balaban J connectivity index is 1.70. The van der Waals surface area contributed by atoms with Crippen LogP contribution in [-0.2, 0) is 5.67 Å². The Kier molecular flexibility index (Phi) is 5.41. The van der Waals surface area contributed by atoms with Crippen LogP contribution in [0.5, 0.6) is 5.75 Å². The lowest BCUT2D eigenvalue weighted by Gasteiger charge is -2.18. The van der Waals surface area contributed by atoms with Crippen molar-refractivity contribution in [1.29, 1.82) is 0 Å². The van der Waals surface area contributed by atoms with Crippen LogP contribution in [0.4, 0.5) is 31.8 Å². The molecule has 160 valence electrons. The van der Waals surface area contributed by atoms with Crippen LogP contribution in [0.2, 0.25) is 0 Å². The minimum atomic E-state index is -1.38. The average Bonchev–Trinajstić information content (AvgIpc) is 3.53. The molecular weight excluding hydrogens is 404 g/mol. The fourth-order valence-corrected chi connectivity index (χ4v) is 3.26. The summed E-state index contributed by atoms with van der Waals surface area (Å²) in [6.45, 7) is 0. The maximum absolute atomic E-state index is 14.8. The molecule has 1 saturated carbocycles. The second-order valence-electron chi connectivity index (χ2n) is 7.16. The van der Waals surface area contributed by atoms with E-state index < -0.39 is 11.5 Å². The number of hydrogen-bond donors (Lipinski definition) is 3. The molecule has 1 aliphatic rings. The van der Waals surface area contributed by atoms with Gasteiger partial charge in [0.2, 0.25) is 0 Å². The number of hydrogen-bond acceptors (Lipinski definition) is 6. The number of anilines is 4. The maximum atomic E-state index is 14.8. The van der Waals surface area contributed by atoms with Gasteiger partial charge < -0.3 is 20.7 Å². The van der Waals surface area contributed by atoms with Crippen LogP contribution in [0.3, 0.4) is 0 Å². The van der Waals surface area contributed by atoms with E-state index in [0.717, 1.165) is 6.20 Å². The van der Waals surface area contributed by atoms with E-state index in [4.69, 9.17) is 4.74 Å². The molecule has 2 heterocycles. The van der Waals surface area contributed by atoms with Crippen molar-refractivity contribution in [2.45, 2.75) is 18.5 Å². The number of methoxy groups -OCH3 is 1. The second-order valence-corrected chi connectivity index (χ2v) is 7.16. The van der Waals surface area contributed by atoms with Crippen molar-refractivity contribution in [3.05, 3.63) is 65.7 Å². The van der Waals surface area contributed by atoms with E-state index in [-0.39, 0.29) is 11.5 Å². The second kappa shape index (κ2) is 8.17. The lowest BCUT2D eigenvalue weighted by Crippen LogP contribution is -2.19. The first-order valence-electron chi connectivity index (χ1n) is 9.67. The zero-order valence-electron chi connectivity index (χ0n) is 17.0. The van der Waals surface area contributed by atoms with E-state index in [1.165, 1.54) is 32.5 Å². The van der Waals surface area contributed by atoms with Crippen molar-refractivity contribution in [1.82, 2.24) is 15.3 Å². The Hall–Kier alpha value is -3.75. The lowest BCUT2D eigenvalue weighted by atomic mass is 10.1. The van der Waals surface area contributed by atoms with Crippen LogP contribution >= 0.6 is 0 Å². The van der Waals surface area contributed by atoms with Gasteiger partial charge in [0.1, 0.15) is 28.9 Å². The van der Waals surface area contributed by atoms with Crippen LogP contribution in [0.25, 0.3) is 0 Å². The van der Waals surface area contributed by atoms with Gasteiger partial charge >= 0.3 is 0 Å². The number of nitrogens with one attached hydrogen (secondary N) is 3. The van der Waals surface area contributed by atoms with Gasteiger partial charge in [-0.2, -0.15) is 0 Å². The molecule has 3 aromatic rings. The van der Waals surface area contributed by atoms with Crippen molar-refractivity contribution >= 4 is 28.9 Å². The van der Waals surface area contributed by atoms with Gasteiger partial charge in [-0.15, -0.1) is 0 Å². The summed E-state index contributed by atoms with van der Waals surface area (Å²) in [6, 6.07) is 9.55. The van der Waals surface area contributed by atoms with Gasteiger partial charge in [-0.3, -0.25) is 4.79 Å². The largest absolute Gasteiger partial charge is 0.494 e. The molecule has 1 fully saturated rings. The summed E-state index contributed by atoms with van der Waals surface area (Å²) in [7, 11) is 3.00. The molecule has 2 aromatic heterocycles. The van der Waals surface area contributed by atoms with Crippen molar-refractivity contribution in [3.63, 3.8) is 0 Å². The Morgan fingerprint density at radius 1 is 1.06 bits per heavy atom. The predicted molar refractivity (Wildman–Crippen MR) is 113 cm³/mol. The van der Waals surface area contributed by atoms with Crippen LogP contribution in [0.1, 0.15) is 28.8 Å². The Labute approximate surface area is 177 Å². The highest BCUT2D eigenvalue weighted by molar-refractivity contribution is 6.00. The van der Waals surface area contributed by atoms with Crippen LogP contribution < -0.4 is 20.7 Å². The quantitative estimate of drug-likeness (QED) is 0.519. The molecule has 31 heavy (non-hydrogen) atoms. The highest BCUT2D eigenvalue weighted by atomic mass is 19.1. The molecule has 4 rings (SSSR count). The number of benzene rings is 1. The van der Waals surface area contributed by atoms with Gasteiger partial charge in [0, 0.05) is 24.9 Å². The number of para-hydroxylation sites is 1. The monoisotopic (exact) mass is 425 g/mol. The van der Waals surface area contributed by atoms with Crippen LogP contribution in [0.15, 0.2) is 48.8 Å². The van der Waals surface area contributed by atoms with Crippen molar-refractivity contribution < 1.29 is 18.3 Å². The standard InChI is InChI=1S/C22H21F2N5O2/c1-25-21(30)14-12-27-19(29-18-7-6-13(23)11-26-18)10-17(14)28-16-5-3-4-15(20(16)31-2)22(24)8-9-22/h3-7,10-12H,8-9H2,1-2H3,(H,25,30)(H2,26,27,28,29). The highest BCUT2D eigenvalue weighted by Gasteiger charge is 2.47. The third-order valence-electron chi connectivity index (χ3n) is 5.02. The third kappa shape index (κ3) is 4.25. The van der Waals surface area contributed by atoms with E-state index in [0.29, 0.717) is 47.2 Å². The minimum absolute atomic E-state index is 0.286. The number of carbonyl (C=O) groups excluding carboxylic acids is 1. The fraction of sp³-hybridized carbons (Fsp3) is 0.227. The lowest BCUT2D eigenvalue weighted by molar-refractivity contribution is 0.0963. The zero-order chi connectivity index (χ0) is 22.0. The number of amides is 1. The van der Waals surface area contributed by atoms with Gasteiger partial charge in [0.25, 0.3) is 5.91 Å². The minimum Gasteiger partial charge on any atom is -0.494 e. The summed E-state index contributed by atoms with van der Waals surface area (Å²) < 4.78 is 33.4. The first-order valence-corrected chi connectivity index (χ1v) is 9.67. The van der Waals surface area contributed by atoms with Gasteiger partial charge in [0.15, 0.2) is 0 Å². The maximum Gasteiger partial charge on any atom is 0.254 e. The normalized spacial score (nSPS) is 13.9. The smallest absolute Gasteiger partial charge is 0.254 e. The number of ether oxygens (including phenoxy) is 1. The van der Waals surface area contributed by atoms with Crippen LogP contribution in [0, 0.1) is 5.82 Å². The molecule has 0 aliphatic heterocycles. The van der Waals surface area contributed by atoms with Gasteiger partial charge in [-0.05, 0) is 31.0 Å². The Bertz CT molecular complexity index is 1120. The zero-order valence-corrected chi connectivity index (χ0v) is 17.0. The number of carbonyl (C=O) groups is 1. The Morgan fingerprint density at radius 2 is 1.84 bits per heavy atom. The molecule has 0 spiro atoms. The number of rotatable bonds is 7. The molecule has 1 amide bonds. The molecule has 0 saturated heterocycles. The third-order valence-corrected chi connectivity index (χ3v) is 5.02. The SMILES string of the molecule is CNC(=O)c1cnc(Nc2ccc(F)cn2)cc1Nc1cccc(C2(F)CC2)c1OC. The molecule has 0 radical (unpaired) electrons. The highest BCUT2D eigenvalue weighted by Crippen LogP contribution is 2.54. The number of nitrogens with zero attached hydrogens (tertiary/aromatic N) is 2. The summed E-state index contributed by atoms with van der Waals surface area (Å²) in [6.07, 6.45) is 3.39. The summed E-state index contributed by atoms with van der Waals surface area (Å²) in [5, 5.41) is 8.71. The summed E-state index contributed by atoms with van der Waals surface area (Å²) in [5.74, 6) is 0.357. The van der Waals surface area contributed by atoms with E-state index in [2.05, 4.69) is 25.9 Å². The number of alkyl halides is 1. The first kappa shape index (κ1) is 20.5. The van der Waals surface area contributed by atoms with Gasteiger partial charge in [-0.25, -0.2) is 18.7 Å². The summed E-state index contributed by atoms with van der Waals surface area (Å²) in [5.41, 5.74) is 0.328. The summed E-state index contributed by atoms with van der Waals surface area (Å²) in [4.78, 5) is 20.6. The number of halogens is 2. The fourth-order valence-electron chi connectivity index (χ4n) is 3.26. The molecule has 3 N–H and O–H groups in total. The van der Waals surface area contributed by atoms with Crippen molar-refractivity contribution in [2.75, 3.05) is 24.8 Å². The first-order chi connectivity index (χ1) is 14.9. The predicted octanol–water partition coefficient (Wildman–Crippen LogP) is 4.43. The molecule has 9 heteroatoms. The molecule has 0 bridgehead atoms. The van der Waals surface area contributed by atoms with E-state index in [1.807, 2.05) is 0 Å². The summed E-state index contributed by atoms with van der Waals surface area (Å²) >= 11 is 0. The van der Waals surface area contributed by atoms with E-state index >= 15 is 0 Å². The number of aromatic nitrogens is 2. The topological polar surface area (TPSA) is 88.2 Å². The van der Waals surface area contributed by atoms with E-state index in [1.54, 1.807) is 24.3 Å². The molecule has 7 nitrogen and oxygen atoms in total. The van der Waals surface area contributed by atoms with Gasteiger partial charge in [-0.1, -0.05) is 12.1 Å². The molecule has 1 aliphatic carbocycles. The van der Waals surface area contributed by atoms with E-state index in [9.17, 15) is 13.6 Å². The van der Waals surface area contributed by atoms with Crippen molar-refractivity contribution in [3.8, 4) is 5.75 Å². The average molecular weight is 425 g/mol. The van der Waals surface area contributed by atoms with Crippen molar-refractivity contribution in [2.24, 2.45) is 0 Å². The van der Waals surface area contributed by atoms with Crippen LogP contribution in [-0.4, -0.2) is 30.0 Å². The molecule has 0 unspecified atom stereocenters. The number of pyridine rings is 2. The van der Waals surface area contributed by atoms with Gasteiger partial charge in [0.05, 0.1) is 30.2 Å².